The molecule has 0 aromatic heterocycles. The second-order valence-electron chi connectivity index (χ2n) is 4.06. The van der Waals surface area contributed by atoms with Gasteiger partial charge in [0, 0.05) is 23.6 Å². The third-order valence-corrected chi connectivity index (χ3v) is 5.80. The van der Waals surface area contributed by atoms with Crippen molar-refractivity contribution < 1.29 is 8.42 Å². The van der Waals surface area contributed by atoms with Crippen molar-refractivity contribution in [1.29, 1.82) is 0 Å². The highest BCUT2D eigenvalue weighted by molar-refractivity contribution is 7.99. The molecule has 0 aromatic carbocycles. The van der Waals surface area contributed by atoms with E-state index in [-0.39, 0.29) is 11.5 Å². The van der Waals surface area contributed by atoms with Crippen molar-refractivity contribution in [3.05, 3.63) is 0 Å². The summed E-state index contributed by atoms with van der Waals surface area (Å²) in [5.41, 5.74) is 0. The Hall–Kier alpha value is 0.260. The van der Waals surface area contributed by atoms with Gasteiger partial charge in [0.25, 0.3) is 0 Å². The largest absolute Gasteiger partial charge is 0.313 e. The van der Waals surface area contributed by atoms with E-state index >= 15 is 0 Å². The van der Waals surface area contributed by atoms with Crippen molar-refractivity contribution in [1.82, 2.24) is 5.32 Å². The molecule has 0 saturated heterocycles. The van der Waals surface area contributed by atoms with Crippen molar-refractivity contribution in [2.24, 2.45) is 0 Å². The summed E-state index contributed by atoms with van der Waals surface area (Å²) in [6.45, 7) is 2.32. The molecule has 5 heteroatoms. The molecule has 0 amide bonds. The topological polar surface area (TPSA) is 46.2 Å². The predicted molar refractivity (Wildman–Crippen MR) is 67.3 cm³/mol. The van der Waals surface area contributed by atoms with Crippen LogP contribution < -0.4 is 5.32 Å². The fourth-order valence-electron chi connectivity index (χ4n) is 1.90. The molecule has 0 radical (unpaired) electrons. The summed E-state index contributed by atoms with van der Waals surface area (Å²) in [6.07, 6.45) is 5.79. The molecule has 1 N–H and O–H groups in total. The van der Waals surface area contributed by atoms with Gasteiger partial charge in [-0.3, -0.25) is 0 Å². The Morgan fingerprint density at radius 3 is 2.67 bits per heavy atom. The Morgan fingerprint density at radius 1 is 1.40 bits per heavy atom. The fraction of sp³-hybridized carbons (Fsp3) is 1.00. The van der Waals surface area contributed by atoms with E-state index in [1.54, 1.807) is 6.92 Å². The first-order valence-electron chi connectivity index (χ1n) is 5.54. The number of rotatable bonds is 6. The maximum absolute atomic E-state index is 11.2. The van der Waals surface area contributed by atoms with Crippen LogP contribution in [-0.2, 0) is 9.84 Å². The normalized spacial score (nSPS) is 27.1. The molecule has 0 spiro atoms. The van der Waals surface area contributed by atoms with E-state index in [0.717, 1.165) is 5.25 Å². The minimum Gasteiger partial charge on any atom is -0.313 e. The minimum atomic E-state index is -2.80. The van der Waals surface area contributed by atoms with Crippen molar-refractivity contribution in [2.45, 2.75) is 37.5 Å². The van der Waals surface area contributed by atoms with Crippen LogP contribution >= 0.6 is 11.8 Å². The van der Waals surface area contributed by atoms with Gasteiger partial charge in [-0.2, -0.15) is 11.8 Å². The summed E-state index contributed by atoms with van der Waals surface area (Å²) in [4.78, 5) is 0. The number of nitrogens with one attached hydrogen (secondary N) is 1. The van der Waals surface area contributed by atoms with E-state index in [2.05, 4.69) is 11.6 Å². The van der Waals surface area contributed by atoms with Gasteiger partial charge in [0.1, 0.15) is 0 Å². The van der Waals surface area contributed by atoms with Gasteiger partial charge in [0.15, 0.2) is 9.84 Å². The van der Waals surface area contributed by atoms with E-state index < -0.39 is 9.84 Å². The van der Waals surface area contributed by atoms with E-state index in [1.165, 1.54) is 19.3 Å². The molecular formula is C10H21NO2S2. The summed E-state index contributed by atoms with van der Waals surface area (Å²) < 4.78 is 22.5. The average Bonchev–Trinajstić information content (AvgIpc) is 2.66. The van der Waals surface area contributed by atoms with Gasteiger partial charge >= 0.3 is 0 Å². The number of hydrogen-bond donors (Lipinski definition) is 1. The molecular weight excluding hydrogens is 230 g/mol. The third kappa shape index (κ3) is 4.74. The zero-order valence-electron chi connectivity index (χ0n) is 9.53. The summed E-state index contributed by atoms with van der Waals surface area (Å²) in [6, 6.07) is 0.537. The molecule has 1 aliphatic carbocycles. The fourth-order valence-corrected chi connectivity index (χ4v) is 3.42. The molecule has 2 atom stereocenters. The van der Waals surface area contributed by atoms with Gasteiger partial charge in [-0.1, -0.05) is 6.92 Å². The van der Waals surface area contributed by atoms with Gasteiger partial charge in [-0.25, -0.2) is 8.42 Å². The highest BCUT2D eigenvalue weighted by Crippen LogP contribution is 2.27. The predicted octanol–water partition coefficient (Wildman–Crippen LogP) is 1.29. The lowest BCUT2D eigenvalue weighted by Crippen LogP contribution is -2.31. The van der Waals surface area contributed by atoms with Crippen LogP contribution in [0.1, 0.15) is 26.2 Å². The van der Waals surface area contributed by atoms with Crippen LogP contribution in [0, 0.1) is 0 Å². The lowest BCUT2D eigenvalue weighted by Gasteiger charge is -2.12. The monoisotopic (exact) mass is 251 g/mol. The highest BCUT2D eigenvalue weighted by atomic mass is 32.2. The standard InChI is InChI=1S/C10H21NO2S2/c1-3-15(12,13)7-6-11-9-4-5-10(8-9)14-2/h9-11H,3-8H2,1-2H3. The van der Waals surface area contributed by atoms with E-state index in [0.29, 0.717) is 12.6 Å². The molecule has 0 aliphatic heterocycles. The smallest absolute Gasteiger partial charge is 0.151 e. The first kappa shape index (κ1) is 13.3. The summed E-state index contributed by atoms with van der Waals surface area (Å²) in [5, 5.41) is 4.11. The maximum Gasteiger partial charge on any atom is 0.151 e. The Labute approximate surface area is 97.3 Å². The Bertz CT molecular complexity index is 277. The van der Waals surface area contributed by atoms with Crippen LogP contribution in [-0.4, -0.2) is 44.0 Å². The zero-order chi connectivity index (χ0) is 11.3. The number of hydrogen-bond acceptors (Lipinski definition) is 4. The molecule has 2 unspecified atom stereocenters. The van der Waals surface area contributed by atoms with Crippen LogP contribution in [0.4, 0.5) is 0 Å². The number of thioether (sulfide) groups is 1. The maximum atomic E-state index is 11.2. The molecule has 15 heavy (non-hydrogen) atoms. The van der Waals surface area contributed by atoms with Crippen LogP contribution in [0.25, 0.3) is 0 Å². The lowest BCUT2D eigenvalue weighted by atomic mass is 10.2. The second kappa shape index (κ2) is 6.11. The molecule has 1 aliphatic rings. The number of sulfone groups is 1. The van der Waals surface area contributed by atoms with E-state index in [4.69, 9.17) is 0 Å². The second-order valence-corrected chi connectivity index (χ2v) is 7.67. The van der Waals surface area contributed by atoms with E-state index in [1.807, 2.05) is 11.8 Å². The molecule has 1 fully saturated rings. The Morgan fingerprint density at radius 2 is 2.13 bits per heavy atom. The zero-order valence-corrected chi connectivity index (χ0v) is 11.2. The SMILES string of the molecule is CCS(=O)(=O)CCNC1CCC(SC)C1. The van der Waals surface area contributed by atoms with Gasteiger partial charge in [-0.05, 0) is 25.5 Å². The molecule has 0 heterocycles. The molecule has 90 valence electrons. The Balaban J connectivity index is 2.17. The average molecular weight is 251 g/mol. The van der Waals surface area contributed by atoms with Gasteiger partial charge in [0.2, 0.25) is 0 Å². The quantitative estimate of drug-likeness (QED) is 0.773. The molecule has 3 nitrogen and oxygen atoms in total. The van der Waals surface area contributed by atoms with Crippen LogP contribution in [0.2, 0.25) is 0 Å². The van der Waals surface area contributed by atoms with Crippen LogP contribution in [0.5, 0.6) is 0 Å². The van der Waals surface area contributed by atoms with Crippen molar-refractivity contribution in [3.8, 4) is 0 Å². The molecule has 1 saturated carbocycles. The highest BCUT2D eigenvalue weighted by Gasteiger charge is 2.23. The summed E-state index contributed by atoms with van der Waals surface area (Å²) in [7, 11) is -2.80. The van der Waals surface area contributed by atoms with Crippen molar-refractivity contribution >= 4 is 21.6 Å². The first-order chi connectivity index (χ1) is 7.07. The van der Waals surface area contributed by atoms with E-state index in [9.17, 15) is 8.42 Å². The summed E-state index contributed by atoms with van der Waals surface area (Å²) in [5.74, 6) is 0.538. The first-order valence-corrected chi connectivity index (χ1v) is 8.65. The van der Waals surface area contributed by atoms with Gasteiger partial charge < -0.3 is 5.32 Å². The third-order valence-electron chi connectivity index (χ3n) is 3.00. The van der Waals surface area contributed by atoms with Crippen LogP contribution in [0.3, 0.4) is 0 Å². The molecule has 0 aromatic rings. The van der Waals surface area contributed by atoms with Crippen molar-refractivity contribution in [3.63, 3.8) is 0 Å². The Kier molecular flexibility index (Phi) is 5.43. The lowest BCUT2D eigenvalue weighted by molar-refractivity contribution is 0.537. The molecule has 1 rings (SSSR count). The summed E-state index contributed by atoms with van der Waals surface area (Å²) >= 11 is 1.92. The minimum absolute atomic E-state index is 0.257. The van der Waals surface area contributed by atoms with Crippen LogP contribution in [0.15, 0.2) is 0 Å². The van der Waals surface area contributed by atoms with Gasteiger partial charge in [0.05, 0.1) is 5.75 Å². The molecule has 0 bridgehead atoms. The van der Waals surface area contributed by atoms with Gasteiger partial charge in [-0.15, -0.1) is 0 Å². The van der Waals surface area contributed by atoms with Crippen molar-refractivity contribution in [2.75, 3.05) is 24.3 Å².